The van der Waals surface area contributed by atoms with Crippen molar-refractivity contribution < 1.29 is 4.74 Å². The maximum absolute atomic E-state index is 5.20. The Balaban J connectivity index is 2.27. The van der Waals surface area contributed by atoms with Crippen molar-refractivity contribution in [1.82, 2.24) is 15.5 Å². The number of aliphatic imine (C=N–C) groups is 1. The van der Waals surface area contributed by atoms with Gasteiger partial charge in [0.2, 0.25) is 0 Å². The summed E-state index contributed by atoms with van der Waals surface area (Å²) >= 11 is 0. The van der Waals surface area contributed by atoms with Gasteiger partial charge in [0.25, 0.3) is 0 Å². The molecule has 1 aromatic rings. The molecule has 0 fully saturated rings. The van der Waals surface area contributed by atoms with E-state index < -0.39 is 0 Å². The SMILES string of the molecule is CN=C(NCCCN(C)C)NCCC(C)c1ccc(OC)cc1. The van der Waals surface area contributed by atoms with Crippen LogP contribution in [-0.4, -0.2) is 58.7 Å². The zero-order valence-electron chi connectivity index (χ0n) is 15.2. The molecule has 0 heterocycles. The standard InChI is InChI=1S/C18H32N4O/c1-15(16-7-9-17(23-5)10-8-16)11-13-21-18(19-2)20-12-6-14-22(3)4/h7-10,15H,6,11-14H2,1-5H3,(H2,19,20,21). The number of benzene rings is 1. The summed E-state index contributed by atoms with van der Waals surface area (Å²) in [5, 5.41) is 6.73. The van der Waals surface area contributed by atoms with Crippen LogP contribution in [0.1, 0.15) is 31.2 Å². The Hall–Kier alpha value is -1.75. The van der Waals surface area contributed by atoms with Crippen LogP contribution in [0.5, 0.6) is 5.75 Å². The third-order valence-corrected chi connectivity index (χ3v) is 3.85. The first-order valence-electron chi connectivity index (χ1n) is 8.30. The lowest BCUT2D eigenvalue weighted by Gasteiger charge is -2.16. The molecule has 0 aliphatic carbocycles. The molecule has 0 spiro atoms. The lowest BCUT2D eigenvalue weighted by Crippen LogP contribution is -2.39. The van der Waals surface area contributed by atoms with Gasteiger partial charge in [0.1, 0.15) is 5.75 Å². The normalized spacial score (nSPS) is 13.0. The summed E-state index contributed by atoms with van der Waals surface area (Å²) in [6.45, 7) is 5.17. The van der Waals surface area contributed by atoms with E-state index >= 15 is 0 Å². The van der Waals surface area contributed by atoms with Crippen molar-refractivity contribution in [3.8, 4) is 5.75 Å². The van der Waals surface area contributed by atoms with Gasteiger partial charge in [0, 0.05) is 20.1 Å². The van der Waals surface area contributed by atoms with Crippen molar-refractivity contribution in [2.45, 2.75) is 25.7 Å². The van der Waals surface area contributed by atoms with Crippen LogP contribution >= 0.6 is 0 Å². The van der Waals surface area contributed by atoms with Gasteiger partial charge in [-0.15, -0.1) is 0 Å². The van der Waals surface area contributed by atoms with E-state index in [4.69, 9.17) is 4.74 Å². The van der Waals surface area contributed by atoms with Crippen LogP contribution < -0.4 is 15.4 Å². The fraction of sp³-hybridized carbons (Fsp3) is 0.611. The molecular formula is C18H32N4O. The maximum Gasteiger partial charge on any atom is 0.190 e. The van der Waals surface area contributed by atoms with E-state index in [9.17, 15) is 0 Å². The molecule has 0 amide bonds. The monoisotopic (exact) mass is 320 g/mol. The van der Waals surface area contributed by atoms with Crippen LogP contribution in [0.15, 0.2) is 29.3 Å². The van der Waals surface area contributed by atoms with Gasteiger partial charge in [-0.1, -0.05) is 19.1 Å². The minimum Gasteiger partial charge on any atom is -0.497 e. The Morgan fingerprint density at radius 2 is 1.83 bits per heavy atom. The minimum atomic E-state index is 0.500. The van der Waals surface area contributed by atoms with Gasteiger partial charge in [-0.3, -0.25) is 4.99 Å². The second-order valence-electron chi connectivity index (χ2n) is 6.05. The first-order valence-corrected chi connectivity index (χ1v) is 8.30. The number of guanidine groups is 1. The van der Waals surface area contributed by atoms with Crippen molar-refractivity contribution >= 4 is 5.96 Å². The molecule has 0 radical (unpaired) electrons. The number of nitrogens with zero attached hydrogens (tertiary/aromatic N) is 2. The van der Waals surface area contributed by atoms with Crippen LogP contribution in [0, 0.1) is 0 Å². The molecule has 1 atom stereocenters. The van der Waals surface area contributed by atoms with Crippen LogP contribution in [0.3, 0.4) is 0 Å². The second kappa shape index (κ2) is 10.9. The van der Waals surface area contributed by atoms with Gasteiger partial charge in [-0.2, -0.15) is 0 Å². The summed E-state index contributed by atoms with van der Waals surface area (Å²) in [6, 6.07) is 8.31. The van der Waals surface area contributed by atoms with E-state index in [1.54, 1.807) is 7.11 Å². The fourth-order valence-electron chi connectivity index (χ4n) is 2.33. The fourth-order valence-corrected chi connectivity index (χ4v) is 2.33. The van der Waals surface area contributed by atoms with Gasteiger partial charge >= 0.3 is 0 Å². The Morgan fingerprint density at radius 1 is 1.17 bits per heavy atom. The average molecular weight is 320 g/mol. The molecule has 5 heteroatoms. The highest BCUT2D eigenvalue weighted by atomic mass is 16.5. The summed E-state index contributed by atoms with van der Waals surface area (Å²) in [6.07, 6.45) is 2.17. The quantitative estimate of drug-likeness (QED) is 0.416. The highest BCUT2D eigenvalue weighted by Crippen LogP contribution is 2.21. The van der Waals surface area contributed by atoms with Gasteiger partial charge in [-0.25, -0.2) is 0 Å². The lowest BCUT2D eigenvalue weighted by atomic mass is 9.98. The molecule has 1 rings (SSSR count). The maximum atomic E-state index is 5.20. The predicted molar refractivity (Wildman–Crippen MR) is 98.6 cm³/mol. The number of hydrogen-bond donors (Lipinski definition) is 2. The highest BCUT2D eigenvalue weighted by Gasteiger charge is 2.06. The topological polar surface area (TPSA) is 48.9 Å². The summed E-state index contributed by atoms with van der Waals surface area (Å²) < 4.78 is 5.20. The third-order valence-electron chi connectivity index (χ3n) is 3.85. The average Bonchev–Trinajstić information content (AvgIpc) is 2.56. The number of ether oxygens (including phenoxy) is 1. The van der Waals surface area contributed by atoms with Crippen molar-refractivity contribution in [2.75, 3.05) is 47.9 Å². The van der Waals surface area contributed by atoms with Crippen LogP contribution in [0.4, 0.5) is 0 Å². The molecule has 0 aliphatic rings. The molecule has 0 aromatic heterocycles. The molecule has 130 valence electrons. The number of rotatable bonds is 9. The highest BCUT2D eigenvalue weighted by molar-refractivity contribution is 5.79. The number of nitrogens with one attached hydrogen (secondary N) is 2. The summed E-state index contributed by atoms with van der Waals surface area (Å²) in [7, 11) is 7.69. The largest absolute Gasteiger partial charge is 0.497 e. The van der Waals surface area contributed by atoms with Crippen molar-refractivity contribution in [1.29, 1.82) is 0 Å². The summed E-state index contributed by atoms with van der Waals surface area (Å²) in [4.78, 5) is 6.45. The summed E-state index contributed by atoms with van der Waals surface area (Å²) in [5.74, 6) is 2.28. The lowest BCUT2D eigenvalue weighted by molar-refractivity contribution is 0.399. The van der Waals surface area contributed by atoms with E-state index in [1.165, 1.54) is 5.56 Å². The van der Waals surface area contributed by atoms with E-state index in [1.807, 2.05) is 19.2 Å². The number of methoxy groups -OCH3 is 1. The molecular weight excluding hydrogens is 288 g/mol. The first kappa shape index (κ1) is 19.3. The Morgan fingerprint density at radius 3 is 2.39 bits per heavy atom. The molecule has 5 nitrogen and oxygen atoms in total. The molecule has 23 heavy (non-hydrogen) atoms. The molecule has 1 aromatic carbocycles. The minimum absolute atomic E-state index is 0.500. The molecule has 0 aliphatic heterocycles. The van der Waals surface area contributed by atoms with E-state index in [2.05, 4.69) is 53.7 Å². The molecule has 1 unspecified atom stereocenters. The van der Waals surface area contributed by atoms with E-state index in [0.717, 1.165) is 44.2 Å². The van der Waals surface area contributed by atoms with E-state index in [-0.39, 0.29) is 0 Å². The van der Waals surface area contributed by atoms with Crippen LogP contribution in [0.2, 0.25) is 0 Å². The first-order chi connectivity index (χ1) is 11.1. The van der Waals surface area contributed by atoms with Gasteiger partial charge < -0.3 is 20.3 Å². The van der Waals surface area contributed by atoms with Crippen LogP contribution in [-0.2, 0) is 0 Å². The zero-order chi connectivity index (χ0) is 17.1. The van der Waals surface area contributed by atoms with Crippen molar-refractivity contribution in [3.63, 3.8) is 0 Å². The summed E-state index contributed by atoms with van der Waals surface area (Å²) in [5.41, 5.74) is 1.33. The number of hydrogen-bond acceptors (Lipinski definition) is 3. The van der Waals surface area contributed by atoms with Gasteiger partial charge in [0.05, 0.1) is 7.11 Å². The van der Waals surface area contributed by atoms with Crippen LogP contribution in [0.25, 0.3) is 0 Å². The molecule has 0 saturated heterocycles. The Kier molecular flexibility index (Phi) is 9.14. The van der Waals surface area contributed by atoms with Gasteiger partial charge in [0.15, 0.2) is 5.96 Å². The molecule has 0 bridgehead atoms. The molecule has 0 saturated carbocycles. The predicted octanol–water partition coefficient (Wildman–Crippen LogP) is 2.31. The van der Waals surface area contributed by atoms with Crippen molar-refractivity contribution in [2.24, 2.45) is 4.99 Å². The van der Waals surface area contributed by atoms with E-state index in [0.29, 0.717) is 5.92 Å². The smallest absolute Gasteiger partial charge is 0.190 e. The Labute approximate surface area is 141 Å². The second-order valence-corrected chi connectivity index (χ2v) is 6.05. The molecule has 2 N–H and O–H groups in total. The van der Waals surface area contributed by atoms with Gasteiger partial charge in [-0.05, 0) is 57.1 Å². The Bertz CT molecular complexity index is 457. The third kappa shape index (κ3) is 7.88. The zero-order valence-corrected chi connectivity index (χ0v) is 15.2. The van der Waals surface area contributed by atoms with Crippen molar-refractivity contribution in [3.05, 3.63) is 29.8 Å².